The molecule has 0 saturated carbocycles. The summed E-state index contributed by atoms with van der Waals surface area (Å²) in [5.41, 5.74) is 3.02. The SMILES string of the molecule is CC.CNCc1cc(C)c(-c2cc3c(C)nn(C(=O)OC(C)(C)C)c3cc2C#N)c(F)c1. The molecule has 1 heterocycles. The summed E-state index contributed by atoms with van der Waals surface area (Å²) in [5, 5.41) is 17.7. The fraction of sp³-hybridized carbons (Fsp3) is 0.400. The zero-order chi connectivity index (χ0) is 24.2. The Kier molecular flexibility index (Phi) is 7.76. The zero-order valence-corrected chi connectivity index (χ0v) is 20.1. The third-order valence-corrected chi connectivity index (χ3v) is 4.69. The minimum absolute atomic E-state index is 0.260. The maximum atomic E-state index is 15.0. The van der Waals surface area contributed by atoms with Gasteiger partial charge in [0, 0.05) is 23.1 Å². The molecule has 6 nitrogen and oxygen atoms in total. The average Bonchev–Trinajstić information content (AvgIpc) is 3.03. The molecule has 0 aliphatic carbocycles. The molecule has 0 saturated heterocycles. The van der Waals surface area contributed by atoms with Gasteiger partial charge < -0.3 is 10.1 Å². The van der Waals surface area contributed by atoms with Crippen molar-refractivity contribution in [2.24, 2.45) is 0 Å². The van der Waals surface area contributed by atoms with Crippen molar-refractivity contribution >= 4 is 17.0 Å². The minimum Gasteiger partial charge on any atom is -0.442 e. The molecule has 0 radical (unpaired) electrons. The number of benzene rings is 2. The Morgan fingerprint density at radius 1 is 1.22 bits per heavy atom. The first-order valence-electron chi connectivity index (χ1n) is 10.7. The van der Waals surface area contributed by atoms with Gasteiger partial charge in [-0.05, 0) is 71.0 Å². The number of carbonyl (C=O) groups excluding carboxylic acids is 1. The number of aryl methyl sites for hydroxylation is 2. The fourth-order valence-electron chi connectivity index (χ4n) is 3.52. The second-order valence-corrected chi connectivity index (χ2v) is 8.30. The summed E-state index contributed by atoms with van der Waals surface area (Å²) in [4.78, 5) is 12.6. The number of hydrogen-bond acceptors (Lipinski definition) is 5. The number of halogens is 1. The van der Waals surface area contributed by atoms with E-state index in [4.69, 9.17) is 4.74 Å². The summed E-state index contributed by atoms with van der Waals surface area (Å²) in [6.07, 6.45) is -0.629. The molecule has 0 spiro atoms. The third-order valence-electron chi connectivity index (χ3n) is 4.69. The number of ether oxygens (including phenoxy) is 1. The molecular formula is C25H31FN4O2. The number of hydrogen-bond donors (Lipinski definition) is 1. The first-order chi connectivity index (χ1) is 15.1. The highest BCUT2D eigenvalue weighted by molar-refractivity contribution is 5.95. The molecule has 3 aromatic rings. The molecule has 2 aromatic carbocycles. The van der Waals surface area contributed by atoms with Crippen LogP contribution in [0.1, 0.15) is 57.0 Å². The van der Waals surface area contributed by atoms with E-state index in [0.717, 1.165) is 15.8 Å². The number of fused-ring (bicyclic) bond motifs is 1. The highest BCUT2D eigenvalue weighted by atomic mass is 19.1. The highest BCUT2D eigenvalue weighted by Crippen LogP contribution is 2.34. The average molecular weight is 439 g/mol. The van der Waals surface area contributed by atoms with Crippen molar-refractivity contribution in [1.29, 1.82) is 5.26 Å². The minimum atomic E-state index is -0.684. The number of carbonyl (C=O) groups is 1. The quantitative estimate of drug-likeness (QED) is 0.554. The van der Waals surface area contributed by atoms with Crippen molar-refractivity contribution in [3.63, 3.8) is 0 Å². The van der Waals surface area contributed by atoms with Crippen molar-refractivity contribution in [2.75, 3.05) is 7.05 Å². The molecule has 0 fully saturated rings. The Hall–Kier alpha value is -3.24. The van der Waals surface area contributed by atoms with Crippen LogP contribution in [0.5, 0.6) is 0 Å². The second kappa shape index (κ2) is 9.92. The zero-order valence-electron chi connectivity index (χ0n) is 20.1. The van der Waals surface area contributed by atoms with Crippen LogP contribution >= 0.6 is 0 Å². The van der Waals surface area contributed by atoms with Crippen LogP contribution in [-0.2, 0) is 11.3 Å². The van der Waals surface area contributed by atoms with Gasteiger partial charge in [0.25, 0.3) is 0 Å². The van der Waals surface area contributed by atoms with Crippen LogP contribution in [0, 0.1) is 31.0 Å². The van der Waals surface area contributed by atoms with Crippen molar-refractivity contribution in [1.82, 2.24) is 15.1 Å². The smallest absolute Gasteiger partial charge is 0.435 e. The van der Waals surface area contributed by atoms with Crippen molar-refractivity contribution in [3.05, 3.63) is 52.5 Å². The molecule has 0 unspecified atom stereocenters. The molecule has 1 N–H and O–H groups in total. The van der Waals surface area contributed by atoms with E-state index >= 15 is 4.39 Å². The van der Waals surface area contributed by atoms with E-state index in [9.17, 15) is 10.1 Å². The van der Waals surface area contributed by atoms with E-state index in [2.05, 4.69) is 16.5 Å². The van der Waals surface area contributed by atoms with E-state index in [-0.39, 0.29) is 5.56 Å². The van der Waals surface area contributed by atoms with E-state index in [1.54, 1.807) is 46.9 Å². The number of nitriles is 1. The predicted molar refractivity (Wildman–Crippen MR) is 125 cm³/mol. The van der Waals surface area contributed by atoms with Crippen LogP contribution in [0.15, 0.2) is 24.3 Å². The first kappa shape index (κ1) is 25.0. The maximum absolute atomic E-state index is 15.0. The highest BCUT2D eigenvalue weighted by Gasteiger charge is 2.23. The lowest BCUT2D eigenvalue weighted by molar-refractivity contribution is 0.0522. The van der Waals surface area contributed by atoms with Gasteiger partial charge in [0.1, 0.15) is 11.4 Å². The summed E-state index contributed by atoms with van der Waals surface area (Å²) in [6.45, 7) is 13.4. The topological polar surface area (TPSA) is 79.9 Å². The Labute approximate surface area is 189 Å². The Morgan fingerprint density at radius 3 is 2.41 bits per heavy atom. The van der Waals surface area contributed by atoms with E-state index in [1.807, 2.05) is 26.8 Å². The van der Waals surface area contributed by atoms with Crippen LogP contribution in [0.4, 0.5) is 9.18 Å². The lowest BCUT2D eigenvalue weighted by Gasteiger charge is -2.19. The standard InChI is InChI=1S/C23H25FN4O2.C2H6/c1-13-7-15(12-26-6)8-19(24)21(13)18-10-17-14(2)27-28(20(17)9-16(18)11-25)22(29)30-23(3,4)5;1-2/h7-10,26H,12H2,1-6H3;1-2H3. The van der Waals surface area contributed by atoms with E-state index < -0.39 is 17.5 Å². The second-order valence-electron chi connectivity index (χ2n) is 8.30. The largest absolute Gasteiger partial charge is 0.442 e. The normalized spacial score (nSPS) is 11.0. The molecule has 0 atom stereocenters. The number of nitrogens with zero attached hydrogens (tertiary/aromatic N) is 3. The van der Waals surface area contributed by atoms with Crippen LogP contribution < -0.4 is 5.32 Å². The van der Waals surface area contributed by atoms with Gasteiger partial charge in [-0.2, -0.15) is 15.0 Å². The van der Waals surface area contributed by atoms with Crippen molar-refractivity contribution in [3.8, 4) is 17.2 Å². The van der Waals surface area contributed by atoms with E-state index in [1.165, 1.54) is 6.07 Å². The maximum Gasteiger partial charge on any atom is 0.435 e. The fourth-order valence-corrected chi connectivity index (χ4v) is 3.52. The van der Waals surface area contributed by atoms with Gasteiger partial charge in [0.15, 0.2) is 0 Å². The molecule has 7 heteroatoms. The first-order valence-corrected chi connectivity index (χ1v) is 10.7. The van der Waals surface area contributed by atoms with Gasteiger partial charge in [0.2, 0.25) is 0 Å². The van der Waals surface area contributed by atoms with Gasteiger partial charge in [-0.25, -0.2) is 9.18 Å². The van der Waals surface area contributed by atoms with Gasteiger partial charge in [-0.1, -0.05) is 19.9 Å². The number of rotatable bonds is 3. The van der Waals surface area contributed by atoms with Crippen LogP contribution in [0.25, 0.3) is 22.0 Å². The molecule has 0 aliphatic rings. The van der Waals surface area contributed by atoms with E-state index in [0.29, 0.717) is 34.3 Å². The lowest BCUT2D eigenvalue weighted by Crippen LogP contribution is -2.27. The Morgan fingerprint density at radius 2 is 1.88 bits per heavy atom. The van der Waals surface area contributed by atoms with Gasteiger partial charge in [0.05, 0.1) is 22.8 Å². The molecule has 1 aromatic heterocycles. The molecule has 0 amide bonds. The van der Waals surface area contributed by atoms with Crippen molar-refractivity contribution < 1.29 is 13.9 Å². The van der Waals surface area contributed by atoms with Crippen LogP contribution in [0.2, 0.25) is 0 Å². The molecule has 3 rings (SSSR count). The Balaban J connectivity index is 0.00000176. The summed E-state index contributed by atoms with van der Waals surface area (Å²) in [5.74, 6) is -0.395. The summed E-state index contributed by atoms with van der Waals surface area (Å²) in [7, 11) is 1.80. The van der Waals surface area contributed by atoms with Gasteiger partial charge in [-0.15, -0.1) is 0 Å². The van der Waals surface area contributed by atoms with Crippen LogP contribution in [0.3, 0.4) is 0 Å². The Bertz CT molecular complexity index is 1160. The van der Waals surface area contributed by atoms with Crippen LogP contribution in [-0.4, -0.2) is 28.5 Å². The summed E-state index contributed by atoms with van der Waals surface area (Å²) >= 11 is 0. The summed E-state index contributed by atoms with van der Waals surface area (Å²) in [6, 6.07) is 8.79. The molecule has 0 bridgehead atoms. The molecular weight excluding hydrogens is 407 g/mol. The number of nitrogens with one attached hydrogen (secondary N) is 1. The predicted octanol–water partition coefficient (Wildman–Crippen LogP) is 5.86. The lowest BCUT2D eigenvalue weighted by atomic mass is 9.93. The number of aromatic nitrogens is 2. The van der Waals surface area contributed by atoms with Gasteiger partial charge in [-0.3, -0.25) is 0 Å². The summed E-state index contributed by atoms with van der Waals surface area (Å²) < 4.78 is 21.6. The molecule has 0 aliphatic heterocycles. The molecule has 170 valence electrons. The third kappa shape index (κ3) is 5.14. The monoisotopic (exact) mass is 438 g/mol. The molecule has 32 heavy (non-hydrogen) atoms. The van der Waals surface area contributed by atoms with Gasteiger partial charge >= 0.3 is 6.09 Å². The van der Waals surface area contributed by atoms with Crippen molar-refractivity contribution in [2.45, 2.75) is 60.6 Å².